The topological polar surface area (TPSA) is 18.5 Å². The smallest absolute Gasteiger partial charge is 0.137 e. The summed E-state index contributed by atoms with van der Waals surface area (Å²) in [6.07, 6.45) is 0.900. The van der Waals surface area contributed by atoms with Gasteiger partial charge in [0.25, 0.3) is 0 Å². The van der Waals surface area contributed by atoms with E-state index in [1.54, 1.807) is 20.3 Å². The van der Waals surface area contributed by atoms with E-state index >= 15 is 0 Å². The van der Waals surface area contributed by atoms with Crippen LogP contribution in [0.5, 0.6) is 11.5 Å². The Labute approximate surface area is 83.4 Å². The first kappa shape index (κ1) is 10.2. The van der Waals surface area contributed by atoms with Crippen LogP contribution in [0.25, 0.3) is 0 Å². The lowest BCUT2D eigenvalue weighted by atomic mass is 10.1. The highest BCUT2D eigenvalue weighted by molar-refractivity contribution is 6.32. The SMILES string of the molecule is CCc1cc(OC)c(Cl)cc1OC. The largest absolute Gasteiger partial charge is 0.496 e. The van der Waals surface area contributed by atoms with Gasteiger partial charge in [-0.3, -0.25) is 0 Å². The summed E-state index contributed by atoms with van der Waals surface area (Å²) in [4.78, 5) is 0. The van der Waals surface area contributed by atoms with Crippen LogP contribution in [0, 0.1) is 0 Å². The van der Waals surface area contributed by atoms with Crippen LogP contribution in [0.4, 0.5) is 0 Å². The summed E-state index contributed by atoms with van der Waals surface area (Å²) >= 11 is 5.93. The molecule has 0 spiro atoms. The van der Waals surface area contributed by atoms with Crippen molar-refractivity contribution in [3.8, 4) is 11.5 Å². The summed E-state index contributed by atoms with van der Waals surface area (Å²) in [5.74, 6) is 1.51. The molecule has 72 valence electrons. The molecule has 0 aliphatic rings. The van der Waals surface area contributed by atoms with Crippen LogP contribution in [-0.2, 0) is 6.42 Å². The molecule has 0 radical (unpaired) electrons. The minimum absolute atomic E-state index is 0.580. The monoisotopic (exact) mass is 200 g/mol. The average molecular weight is 201 g/mol. The summed E-state index contributed by atoms with van der Waals surface area (Å²) in [7, 11) is 3.24. The lowest BCUT2D eigenvalue weighted by molar-refractivity contribution is 0.399. The summed E-state index contributed by atoms with van der Waals surface area (Å²) in [5.41, 5.74) is 1.10. The van der Waals surface area contributed by atoms with Gasteiger partial charge in [0.15, 0.2) is 0 Å². The van der Waals surface area contributed by atoms with Crippen molar-refractivity contribution in [2.75, 3.05) is 14.2 Å². The first-order valence-electron chi connectivity index (χ1n) is 4.13. The molecule has 0 saturated heterocycles. The van der Waals surface area contributed by atoms with Crippen molar-refractivity contribution in [2.24, 2.45) is 0 Å². The number of rotatable bonds is 3. The number of methoxy groups -OCH3 is 2. The van der Waals surface area contributed by atoms with Crippen LogP contribution in [0.15, 0.2) is 12.1 Å². The molecule has 3 heteroatoms. The third kappa shape index (κ3) is 2.07. The van der Waals surface area contributed by atoms with Crippen molar-refractivity contribution < 1.29 is 9.47 Å². The van der Waals surface area contributed by atoms with Crippen LogP contribution in [0.1, 0.15) is 12.5 Å². The molecule has 0 aliphatic heterocycles. The molecule has 0 unspecified atom stereocenters. The van der Waals surface area contributed by atoms with Gasteiger partial charge in [-0.1, -0.05) is 18.5 Å². The van der Waals surface area contributed by atoms with Crippen molar-refractivity contribution in [3.05, 3.63) is 22.7 Å². The van der Waals surface area contributed by atoms with Gasteiger partial charge < -0.3 is 9.47 Å². The van der Waals surface area contributed by atoms with E-state index in [1.807, 2.05) is 6.07 Å². The molecule has 0 N–H and O–H groups in total. The van der Waals surface area contributed by atoms with Gasteiger partial charge >= 0.3 is 0 Å². The average Bonchev–Trinajstić information content (AvgIpc) is 2.17. The molecule has 1 aromatic rings. The molecule has 0 fully saturated rings. The first-order chi connectivity index (χ1) is 6.22. The molecule has 2 nitrogen and oxygen atoms in total. The summed E-state index contributed by atoms with van der Waals surface area (Å²) in [5, 5.41) is 0.580. The second kappa shape index (κ2) is 4.38. The quantitative estimate of drug-likeness (QED) is 0.747. The Morgan fingerprint density at radius 1 is 1.15 bits per heavy atom. The second-order valence-electron chi connectivity index (χ2n) is 2.65. The molecule has 0 aromatic heterocycles. The summed E-state index contributed by atoms with van der Waals surface area (Å²) < 4.78 is 10.3. The van der Waals surface area contributed by atoms with Gasteiger partial charge in [-0.15, -0.1) is 0 Å². The molecule has 0 atom stereocenters. The Bertz CT molecular complexity index is 297. The van der Waals surface area contributed by atoms with Gasteiger partial charge in [0.2, 0.25) is 0 Å². The van der Waals surface area contributed by atoms with Gasteiger partial charge in [0.05, 0.1) is 19.2 Å². The van der Waals surface area contributed by atoms with E-state index in [0.29, 0.717) is 10.8 Å². The maximum absolute atomic E-state index is 5.93. The number of aryl methyl sites for hydroxylation is 1. The van der Waals surface area contributed by atoms with Gasteiger partial charge in [0.1, 0.15) is 11.5 Å². The fraction of sp³-hybridized carbons (Fsp3) is 0.400. The Kier molecular flexibility index (Phi) is 3.43. The van der Waals surface area contributed by atoms with Crippen LogP contribution < -0.4 is 9.47 Å². The van der Waals surface area contributed by atoms with E-state index in [2.05, 4.69) is 6.92 Å². The molecular formula is C10H13ClO2. The number of benzene rings is 1. The van der Waals surface area contributed by atoms with Crippen LogP contribution in [0.2, 0.25) is 5.02 Å². The van der Waals surface area contributed by atoms with E-state index in [4.69, 9.17) is 21.1 Å². The predicted octanol–water partition coefficient (Wildman–Crippen LogP) is 2.92. The highest BCUT2D eigenvalue weighted by Gasteiger charge is 2.07. The lowest BCUT2D eigenvalue weighted by Crippen LogP contribution is -1.93. The number of hydrogen-bond acceptors (Lipinski definition) is 2. The number of halogens is 1. The fourth-order valence-corrected chi connectivity index (χ4v) is 1.43. The number of hydrogen-bond donors (Lipinski definition) is 0. The molecule has 1 aromatic carbocycles. The van der Waals surface area contributed by atoms with Gasteiger partial charge in [-0.05, 0) is 18.1 Å². The highest BCUT2D eigenvalue weighted by atomic mass is 35.5. The molecule has 0 aliphatic carbocycles. The third-order valence-corrected chi connectivity index (χ3v) is 2.23. The molecule has 0 heterocycles. The summed E-state index contributed by atoms with van der Waals surface area (Å²) in [6, 6.07) is 3.68. The minimum Gasteiger partial charge on any atom is -0.496 e. The highest BCUT2D eigenvalue weighted by Crippen LogP contribution is 2.32. The fourth-order valence-electron chi connectivity index (χ4n) is 1.20. The van der Waals surface area contributed by atoms with E-state index in [9.17, 15) is 0 Å². The van der Waals surface area contributed by atoms with Gasteiger partial charge in [-0.2, -0.15) is 0 Å². The van der Waals surface area contributed by atoms with Crippen molar-refractivity contribution >= 4 is 11.6 Å². The zero-order valence-corrected chi connectivity index (χ0v) is 8.81. The molecular weight excluding hydrogens is 188 g/mol. The minimum atomic E-state index is 0.580. The second-order valence-corrected chi connectivity index (χ2v) is 3.06. The molecule has 13 heavy (non-hydrogen) atoms. The zero-order valence-electron chi connectivity index (χ0n) is 8.06. The summed E-state index contributed by atoms with van der Waals surface area (Å²) in [6.45, 7) is 2.06. The number of ether oxygens (including phenoxy) is 2. The Hall–Kier alpha value is -0.890. The van der Waals surface area contributed by atoms with Crippen LogP contribution in [0.3, 0.4) is 0 Å². The molecule has 0 bridgehead atoms. The maximum Gasteiger partial charge on any atom is 0.137 e. The van der Waals surface area contributed by atoms with E-state index in [1.165, 1.54) is 0 Å². The lowest BCUT2D eigenvalue weighted by Gasteiger charge is -2.10. The first-order valence-corrected chi connectivity index (χ1v) is 4.51. The van der Waals surface area contributed by atoms with Crippen molar-refractivity contribution in [1.82, 2.24) is 0 Å². The van der Waals surface area contributed by atoms with Crippen molar-refractivity contribution in [3.63, 3.8) is 0 Å². The van der Waals surface area contributed by atoms with Gasteiger partial charge in [-0.25, -0.2) is 0 Å². The molecule has 0 amide bonds. The van der Waals surface area contributed by atoms with Crippen LogP contribution >= 0.6 is 11.6 Å². The van der Waals surface area contributed by atoms with Gasteiger partial charge in [0, 0.05) is 6.07 Å². The Balaban J connectivity index is 3.18. The normalized spacial score (nSPS) is 9.85. The maximum atomic E-state index is 5.93. The van der Waals surface area contributed by atoms with E-state index < -0.39 is 0 Å². The molecule has 1 rings (SSSR count). The van der Waals surface area contributed by atoms with Crippen molar-refractivity contribution in [2.45, 2.75) is 13.3 Å². The Morgan fingerprint density at radius 2 is 1.77 bits per heavy atom. The molecule has 0 saturated carbocycles. The third-order valence-electron chi connectivity index (χ3n) is 1.94. The standard InChI is InChI=1S/C10H13ClO2/c1-4-7-5-10(13-3)8(11)6-9(7)12-2/h5-6H,4H2,1-3H3. The Morgan fingerprint density at radius 3 is 2.23 bits per heavy atom. The zero-order chi connectivity index (χ0) is 9.84. The van der Waals surface area contributed by atoms with Crippen molar-refractivity contribution in [1.29, 1.82) is 0 Å². The van der Waals surface area contributed by atoms with E-state index in [0.717, 1.165) is 17.7 Å². The van der Waals surface area contributed by atoms with Crippen LogP contribution in [-0.4, -0.2) is 14.2 Å². The van der Waals surface area contributed by atoms with E-state index in [-0.39, 0.29) is 0 Å². The predicted molar refractivity (Wildman–Crippen MR) is 53.9 cm³/mol.